The molecule has 0 unspecified atom stereocenters. The van der Waals surface area contributed by atoms with E-state index in [1.165, 1.54) is 12.0 Å². The van der Waals surface area contributed by atoms with Crippen molar-refractivity contribution >= 4 is 23.8 Å². The van der Waals surface area contributed by atoms with Crippen LogP contribution in [-0.4, -0.2) is 75.5 Å². The predicted octanol–water partition coefficient (Wildman–Crippen LogP) is 5.87. The van der Waals surface area contributed by atoms with Gasteiger partial charge in [0, 0.05) is 11.6 Å². The largest absolute Gasteiger partial charge is 0.465 e. The molecule has 0 aliphatic carbocycles. The van der Waals surface area contributed by atoms with E-state index in [1.54, 1.807) is 10.9 Å². The summed E-state index contributed by atoms with van der Waals surface area (Å²) in [6.45, 7) is 0.813. The normalized spacial score (nSPS) is 16.3. The Bertz CT molecular complexity index is 1870. The minimum Gasteiger partial charge on any atom is -0.465 e. The van der Waals surface area contributed by atoms with Crippen LogP contribution in [0, 0.1) is 0 Å². The van der Waals surface area contributed by atoms with E-state index in [-0.39, 0.29) is 19.3 Å². The highest BCUT2D eigenvalue weighted by Gasteiger charge is 2.36. The number of aryl methyl sites for hydroxylation is 1. The van der Waals surface area contributed by atoms with Gasteiger partial charge >= 0.3 is 12.2 Å². The summed E-state index contributed by atoms with van der Waals surface area (Å²) in [6, 6.07) is 34.7. The smallest absolute Gasteiger partial charge is 0.408 e. The summed E-state index contributed by atoms with van der Waals surface area (Å²) in [5.41, 5.74) is 4.71. The number of nitrogens with zero attached hydrogens (tertiary/aromatic N) is 4. The maximum Gasteiger partial charge on any atom is 0.408 e. The molecule has 4 aromatic carbocycles. The van der Waals surface area contributed by atoms with Crippen molar-refractivity contribution in [1.29, 1.82) is 0 Å². The van der Waals surface area contributed by atoms with Crippen molar-refractivity contribution in [2.45, 2.75) is 43.5 Å². The number of ether oxygens (including phenoxy) is 2. The molecule has 6 rings (SSSR count). The number of carbonyl (C=O) groups is 3. The number of nitrogens with one attached hydrogen (secondary N) is 2. The summed E-state index contributed by atoms with van der Waals surface area (Å²) in [7, 11) is 1.26. The molecule has 2 heterocycles. The van der Waals surface area contributed by atoms with Crippen LogP contribution in [0.5, 0.6) is 0 Å². The summed E-state index contributed by atoms with van der Waals surface area (Å²) in [5.74, 6) is -0.927. The number of carbonyl (C=O) groups excluding carboxylic acids is 2. The first kappa shape index (κ1) is 34.8. The number of anilines is 1. The molecule has 3 amide bonds. The zero-order chi connectivity index (χ0) is 35.6. The third kappa shape index (κ3) is 8.78. The standard InChI is InChI=1S/C39H40N6O6/c1-50-38(47)41-36(35(29-16-7-3-8-17-29)30-18-9-4-10-19-30)37(46)40-32-20-12-11-15-28(32)21-22-31-24-45(39(48)49)34(26-51-31)33-25-44(43-42-33)23-27-13-5-2-6-14-27/h2-20,25,31,34-36H,21-24,26H2,1H3,(H,40,46)(H,41,47)(H,48,49)/t31-,34+,36+/m1/s1. The summed E-state index contributed by atoms with van der Waals surface area (Å²) >= 11 is 0. The first-order valence-corrected chi connectivity index (χ1v) is 16.8. The Labute approximate surface area is 296 Å². The van der Waals surface area contributed by atoms with Crippen LogP contribution in [0.25, 0.3) is 0 Å². The fraction of sp³-hybridized carbons (Fsp3) is 0.256. The Hall–Kier alpha value is -6.01. The van der Waals surface area contributed by atoms with Gasteiger partial charge < -0.3 is 25.2 Å². The molecule has 1 aliphatic heterocycles. The summed E-state index contributed by atoms with van der Waals surface area (Å²) in [5, 5.41) is 24.4. The van der Waals surface area contributed by atoms with Crippen molar-refractivity contribution in [2.75, 3.05) is 25.6 Å². The van der Waals surface area contributed by atoms with Crippen LogP contribution in [0.1, 0.15) is 46.3 Å². The molecule has 1 saturated heterocycles. The molecule has 0 spiro atoms. The number of morpholine rings is 1. The predicted molar refractivity (Wildman–Crippen MR) is 190 cm³/mol. The van der Waals surface area contributed by atoms with Crippen molar-refractivity contribution in [3.63, 3.8) is 0 Å². The van der Waals surface area contributed by atoms with E-state index >= 15 is 0 Å². The molecule has 3 atom stereocenters. The monoisotopic (exact) mass is 688 g/mol. The summed E-state index contributed by atoms with van der Waals surface area (Å²) in [6.07, 6.45) is 0.602. The maximum atomic E-state index is 14.1. The maximum absolute atomic E-state index is 14.1. The minimum absolute atomic E-state index is 0.140. The van der Waals surface area contributed by atoms with Gasteiger partial charge in [-0.1, -0.05) is 114 Å². The van der Waals surface area contributed by atoms with E-state index in [0.29, 0.717) is 30.8 Å². The van der Waals surface area contributed by atoms with E-state index in [0.717, 1.165) is 22.3 Å². The van der Waals surface area contributed by atoms with Crippen molar-refractivity contribution in [3.8, 4) is 0 Å². The highest BCUT2D eigenvalue weighted by atomic mass is 16.5. The second kappa shape index (κ2) is 16.6. The number of hydrogen-bond acceptors (Lipinski definition) is 7. The highest BCUT2D eigenvalue weighted by molar-refractivity contribution is 5.98. The molecule has 0 saturated carbocycles. The summed E-state index contributed by atoms with van der Waals surface area (Å²) in [4.78, 5) is 40.4. The number of carboxylic acid groups (broad SMARTS) is 1. The van der Waals surface area contributed by atoms with Crippen LogP contribution in [0.2, 0.25) is 0 Å². The second-order valence-electron chi connectivity index (χ2n) is 12.3. The number of para-hydroxylation sites is 1. The Morgan fingerprint density at radius 3 is 2.18 bits per heavy atom. The molecule has 12 nitrogen and oxygen atoms in total. The van der Waals surface area contributed by atoms with Gasteiger partial charge in [-0.25, -0.2) is 14.3 Å². The molecule has 51 heavy (non-hydrogen) atoms. The zero-order valence-corrected chi connectivity index (χ0v) is 28.2. The lowest BCUT2D eigenvalue weighted by Crippen LogP contribution is -2.48. The number of benzene rings is 4. The average Bonchev–Trinajstić information content (AvgIpc) is 3.63. The number of amides is 3. The van der Waals surface area contributed by atoms with Crippen LogP contribution in [0.4, 0.5) is 15.3 Å². The lowest BCUT2D eigenvalue weighted by molar-refractivity contribution is -0.118. The van der Waals surface area contributed by atoms with E-state index in [9.17, 15) is 19.5 Å². The van der Waals surface area contributed by atoms with Crippen molar-refractivity contribution in [3.05, 3.63) is 149 Å². The van der Waals surface area contributed by atoms with Gasteiger partial charge in [-0.15, -0.1) is 5.10 Å². The zero-order valence-electron chi connectivity index (χ0n) is 28.2. The fourth-order valence-electron chi connectivity index (χ4n) is 6.43. The van der Waals surface area contributed by atoms with Crippen molar-refractivity contribution in [2.24, 2.45) is 0 Å². The van der Waals surface area contributed by atoms with Crippen LogP contribution in [-0.2, 0) is 27.2 Å². The third-order valence-electron chi connectivity index (χ3n) is 9.00. The molecule has 1 fully saturated rings. The lowest BCUT2D eigenvalue weighted by atomic mass is 9.84. The van der Waals surface area contributed by atoms with Gasteiger partial charge in [0.1, 0.15) is 17.8 Å². The molecule has 1 aliphatic rings. The molecule has 1 aromatic heterocycles. The van der Waals surface area contributed by atoms with E-state index in [4.69, 9.17) is 9.47 Å². The molecule has 0 bridgehead atoms. The van der Waals surface area contributed by atoms with Crippen LogP contribution < -0.4 is 10.6 Å². The topological polar surface area (TPSA) is 148 Å². The van der Waals surface area contributed by atoms with E-state index in [2.05, 4.69) is 20.9 Å². The SMILES string of the molecule is COC(=O)N[C@H](C(=O)Nc1ccccc1CC[C@@H]1CN(C(=O)O)[C@H](c2cn(Cc3ccccc3)nn2)CO1)C(c1ccccc1)c1ccccc1. The number of methoxy groups -OCH3 is 1. The highest BCUT2D eigenvalue weighted by Crippen LogP contribution is 2.31. The second-order valence-corrected chi connectivity index (χ2v) is 12.3. The van der Waals surface area contributed by atoms with Gasteiger partial charge in [-0.2, -0.15) is 0 Å². The molecular weight excluding hydrogens is 648 g/mol. The summed E-state index contributed by atoms with van der Waals surface area (Å²) < 4.78 is 12.8. The molecule has 5 aromatic rings. The Kier molecular flexibility index (Phi) is 11.3. The first-order valence-electron chi connectivity index (χ1n) is 16.8. The van der Waals surface area contributed by atoms with E-state index < -0.39 is 36.1 Å². The molecule has 0 radical (unpaired) electrons. The molecule has 262 valence electrons. The number of alkyl carbamates (subject to hydrolysis) is 1. The van der Waals surface area contributed by atoms with Gasteiger partial charge in [0.2, 0.25) is 5.91 Å². The Morgan fingerprint density at radius 2 is 1.53 bits per heavy atom. The van der Waals surface area contributed by atoms with Gasteiger partial charge in [0.15, 0.2) is 0 Å². The fourth-order valence-corrected chi connectivity index (χ4v) is 6.43. The lowest BCUT2D eigenvalue weighted by Gasteiger charge is -2.37. The van der Waals surface area contributed by atoms with Crippen LogP contribution in [0.3, 0.4) is 0 Å². The van der Waals surface area contributed by atoms with Gasteiger partial charge in [0.05, 0.1) is 39.1 Å². The van der Waals surface area contributed by atoms with Crippen molar-refractivity contribution < 1.29 is 29.0 Å². The number of hydrogen-bond donors (Lipinski definition) is 3. The third-order valence-corrected chi connectivity index (χ3v) is 9.00. The van der Waals surface area contributed by atoms with Gasteiger partial charge in [-0.05, 0) is 41.2 Å². The Morgan fingerprint density at radius 1 is 0.902 bits per heavy atom. The molecule has 12 heteroatoms. The van der Waals surface area contributed by atoms with E-state index in [1.807, 2.05) is 115 Å². The number of rotatable bonds is 12. The number of aromatic nitrogens is 3. The van der Waals surface area contributed by atoms with Crippen LogP contribution in [0.15, 0.2) is 121 Å². The first-order chi connectivity index (χ1) is 24.9. The van der Waals surface area contributed by atoms with Crippen LogP contribution >= 0.6 is 0 Å². The molecular formula is C39H40N6O6. The average molecular weight is 689 g/mol. The molecule has 3 N–H and O–H groups in total. The quantitative estimate of drug-likeness (QED) is 0.147. The van der Waals surface area contributed by atoms with Gasteiger partial charge in [-0.3, -0.25) is 9.69 Å². The minimum atomic E-state index is -1.06. The van der Waals surface area contributed by atoms with Crippen molar-refractivity contribution in [1.82, 2.24) is 25.2 Å². The van der Waals surface area contributed by atoms with Gasteiger partial charge in [0.25, 0.3) is 0 Å². The Balaban J connectivity index is 1.14.